The molecule has 5 heteroatoms. The summed E-state index contributed by atoms with van der Waals surface area (Å²) in [5.74, 6) is -0.604. The number of carbonyl (C=O) groups is 1. The van der Waals surface area contributed by atoms with Crippen LogP contribution >= 0.6 is 0 Å². The van der Waals surface area contributed by atoms with Crippen LogP contribution in [0.25, 0.3) is 0 Å². The third-order valence-corrected chi connectivity index (χ3v) is 1.36. The highest BCUT2D eigenvalue weighted by Crippen LogP contribution is 2.10. The monoisotopic (exact) mass is 195 g/mol. The van der Waals surface area contributed by atoms with Crippen molar-refractivity contribution >= 4 is 11.8 Å². The van der Waals surface area contributed by atoms with Gasteiger partial charge in [0.1, 0.15) is 5.82 Å². The minimum Gasteiger partial charge on any atom is -0.476 e. The molecule has 0 saturated heterocycles. The summed E-state index contributed by atoms with van der Waals surface area (Å²) in [7, 11) is 0. The summed E-state index contributed by atoms with van der Waals surface area (Å²) < 4.78 is 0. The van der Waals surface area contributed by atoms with Gasteiger partial charge in [-0.1, -0.05) is 0 Å². The molecule has 1 aromatic heterocycles. The van der Waals surface area contributed by atoms with Gasteiger partial charge in [-0.3, -0.25) is 4.98 Å². The second-order valence-electron chi connectivity index (χ2n) is 3.97. The van der Waals surface area contributed by atoms with Gasteiger partial charge in [-0.2, -0.15) is 0 Å². The van der Waals surface area contributed by atoms with E-state index >= 15 is 0 Å². The molecule has 1 heterocycles. The van der Waals surface area contributed by atoms with Crippen molar-refractivity contribution in [3.63, 3.8) is 0 Å². The average Bonchev–Trinajstić information content (AvgIpc) is 2.01. The van der Waals surface area contributed by atoms with E-state index in [1.165, 1.54) is 12.4 Å². The predicted octanol–water partition coefficient (Wildman–Crippen LogP) is 1.39. The van der Waals surface area contributed by atoms with E-state index in [1.54, 1.807) is 0 Å². The number of aromatic carboxylic acids is 1. The Hall–Kier alpha value is -1.65. The molecule has 14 heavy (non-hydrogen) atoms. The fourth-order valence-corrected chi connectivity index (χ4v) is 0.913. The van der Waals surface area contributed by atoms with E-state index in [-0.39, 0.29) is 11.2 Å². The first kappa shape index (κ1) is 10.4. The normalized spacial score (nSPS) is 11.1. The van der Waals surface area contributed by atoms with Crippen LogP contribution in [-0.2, 0) is 0 Å². The SMILES string of the molecule is CC(C)(C)Nc1cncc(C(=O)O)n1. The molecule has 2 N–H and O–H groups in total. The zero-order chi connectivity index (χ0) is 10.8. The highest BCUT2D eigenvalue weighted by Gasteiger charge is 2.12. The molecule has 1 aromatic rings. The first-order valence-electron chi connectivity index (χ1n) is 4.22. The Morgan fingerprint density at radius 1 is 1.43 bits per heavy atom. The lowest BCUT2D eigenvalue weighted by molar-refractivity contribution is 0.0690. The maximum absolute atomic E-state index is 10.6. The van der Waals surface area contributed by atoms with Gasteiger partial charge in [0.2, 0.25) is 0 Å². The lowest BCUT2D eigenvalue weighted by Gasteiger charge is -2.20. The van der Waals surface area contributed by atoms with Crippen molar-refractivity contribution < 1.29 is 9.90 Å². The zero-order valence-corrected chi connectivity index (χ0v) is 8.40. The fraction of sp³-hybridized carbons (Fsp3) is 0.444. The highest BCUT2D eigenvalue weighted by atomic mass is 16.4. The summed E-state index contributed by atoms with van der Waals surface area (Å²) in [5.41, 5.74) is -0.217. The van der Waals surface area contributed by atoms with Crippen LogP contribution in [-0.4, -0.2) is 26.6 Å². The average molecular weight is 195 g/mol. The maximum atomic E-state index is 10.6. The minimum atomic E-state index is -1.07. The molecule has 0 aliphatic carbocycles. The van der Waals surface area contributed by atoms with Crippen molar-refractivity contribution in [3.05, 3.63) is 18.1 Å². The lowest BCUT2D eigenvalue weighted by atomic mass is 10.1. The lowest BCUT2D eigenvalue weighted by Crippen LogP contribution is -2.27. The Morgan fingerprint density at radius 2 is 2.07 bits per heavy atom. The van der Waals surface area contributed by atoms with Gasteiger partial charge >= 0.3 is 5.97 Å². The molecule has 0 aliphatic heterocycles. The Kier molecular flexibility index (Phi) is 2.69. The molecule has 0 fully saturated rings. The minimum absolute atomic E-state index is 0.0562. The zero-order valence-electron chi connectivity index (χ0n) is 8.40. The Bertz CT molecular complexity index is 344. The molecular weight excluding hydrogens is 182 g/mol. The van der Waals surface area contributed by atoms with E-state index < -0.39 is 5.97 Å². The van der Waals surface area contributed by atoms with Crippen LogP contribution in [0.2, 0.25) is 0 Å². The first-order valence-corrected chi connectivity index (χ1v) is 4.22. The number of carboxylic acid groups (broad SMARTS) is 1. The number of nitrogens with one attached hydrogen (secondary N) is 1. The molecule has 0 unspecified atom stereocenters. The van der Waals surface area contributed by atoms with Crippen LogP contribution in [0.5, 0.6) is 0 Å². The molecule has 0 amide bonds. The second kappa shape index (κ2) is 3.61. The summed E-state index contributed by atoms with van der Waals surface area (Å²) in [6.45, 7) is 5.88. The van der Waals surface area contributed by atoms with Gasteiger partial charge in [0.05, 0.1) is 12.4 Å². The van der Waals surface area contributed by atoms with Crippen LogP contribution < -0.4 is 5.32 Å². The number of aromatic nitrogens is 2. The Morgan fingerprint density at radius 3 is 2.57 bits per heavy atom. The van der Waals surface area contributed by atoms with Gasteiger partial charge in [-0.25, -0.2) is 9.78 Å². The van der Waals surface area contributed by atoms with Gasteiger partial charge in [0, 0.05) is 5.54 Å². The van der Waals surface area contributed by atoms with Crippen molar-refractivity contribution in [1.29, 1.82) is 0 Å². The maximum Gasteiger partial charge on any atom is 0.356 e. The largest absolute Gasteiger partial charge is 0.476 e. The molecular formula is C9H13N3O2. The number of carboxylic acids is 1. The van der Waals surface area contributed by atoms with Gasteiger partial charge in [-0.15, -0.1) is 0 Å². The van der Waals surface area contributed by atoms with E-state index in [4.69, 9.17) is 5.11 Å². The molecule has 0 atom stereocenters. The van der Waals surface area contributed by atoms with Gasteiger partial charge < -0.3 is 10.4 Å². The molecule has 1 rings (SSSR count). The van der Waals surface area contributed by atoms with Crippen molar-refractivity contribution in [2.75, 3.05) is 5.32 Å². The van der Waals surface area contributed by atoms with Gasteiger partial charge in [0.15, 0.2) is 5.69 Å². The van der Waals surface area contributed by atoms with Crippen molar-refractivity contribution in [2.24, 2.45) is 0 Å². The van der Waals surface area contributed by atoms with E-state index in [0.717, 1.165) is 0 Å². The van der Waals surface area contributed by atoms with E-state index in [0.29, 0.717) is 5.82 Å². The van der Waals surface area contributed by atoms with E-state index in [9.17, 15) is 4.79 Å². The number of anilines is 1. The van der Waals surface area contributed by atoms with Crippen LogP contribution in [0.15, 0.2) is 12.4 Å². The molecule has 0 bridgehead atoms. The number of rotatable bonds is 2. The number of nitrogens with zero attached hydrogens (tertiary/aromatic N) is 2. The topological polar surface area (TPSA) is 75.1 Å². The summed E-state index contributed by atoms with van der Waals surface area (Å²) in [4.78, 5) is 18.3. The summed E-state index contributed by atoms with van der Waals surface area (Å²) in [5, 5.41) is 11.7. The molecule has 0 saturated carbocycles. The summed E-state index contributed by atoms with van der Waals surface area (Å²) in [6, 6.07) is 0. The van der Waals surface area contributed by atoms with Gasteiger partial charge in [-0.05, 0) is 20.8 Å². The highest BCUT2D eigenvalue weighted by molar-refractivity contribution is 5.85. The smallest absolute Gasteiger partial charge is 0.356 e. The quantitative estimate of drug-likeness (QED) is 0.745. The van der Waals surface area contributed by atoms with Crippen LogP contribution in [0, 0.1) is 0 Å². The second-order valence-corrected chi connectivity index (χ2v) is 3.97. The van der Waals surface area contributed by atoms with Crippen LogP contribution in [0.1, 0.15) is 31.3 Å². The summed E-state index contributed by atoms with van der Waals surface area (Å²) >= 11 is 0. The van der Waals surface area contributed by atoms with Gasteiger partial charge in [0.25, 0.3) is 0 Å². The van der Waals surface area contributed by atoms with E-state index in [1.807, 2.05) is 20.8 Å². The Balaban J connectivity index is 2.89. The van der Waals surface area contributed by atoms with Crippen LogP contribution in [0.4, 0.5) is 5.82 Å². The first-order chi connectivity index (χ1) is 6.38. The van der Waals surface area contributed by atoms with Crippen molar-refractivity contribution in [1.82, 2.24) is 9.97 Å². The molecule has 0 spiro atoms. The van der Waals surface area contributed by atoms with Crippen molar-refractivity contribution in [2.45, 2.75) is 26.3 Å². The molecule has 0 aliphatic rings. The third kappa shape index (κ3) is 3.01. The Labute approximate surface area is 82.2 Å². The van der Waals surface area contributed by atoms with Crippen LogP contribution in [0.3, 0.4) is 0 Å². The predicted molar refractivity (Wildman–Crippen MR) is 52.4 cm³/mol. The molecule has 5 nitrogen and oxygen atoms in total. The summed E-state index contributed by atoms with van der Waals surface area (Å²) in [6.07, 6.45) is 2.72. The number of hydrogen-bond acceptors (Lipinski definition) is 4. The standard InChI is InChI=1S/C9H13N3O2/c1-9(2,3)12-7-5-10-4-6(11-7)8(13)14/h4-5H,1-3H3,(H,11,12)(H,13,14). The third-order valence-electron chi connectivity index (χ3n) is 1.36. The molecule has 0 radical (unpaired) electrons. The molecule has 76 valence electrons. The molecule has 0 aromatic carbocycles. The fourth-order valence-electron chi connectivity index (χ4n) is 0.913. The van der Waals surface area contributed by atoms with E-state index in [2.05, 4.69) is 15.3 Å². The number of hydrogen-bond donors (Lipinski definition) is 2. The van der Waals surface area contributed by atoms with Crippen molar-refractivity contribution in [3.8, 4) is 0 Å².